The minimum atomic E-state index is 0.147. The Hall–Kier alpha value is -1.82. The molecular weight excluding hydrogens is 493 g/mol. The average molecular weight is 510 g/mol. The average Bonchev–Trinajstić information content (AvgIpc) is 2.65. The fourth-order valence-electron chi connectivity index (χ4n) is 2.62. The molecule has 0 heterocycles. The van der Waals surface area contributed by atoms with E-state index in [1.54, 1.807) is 13.3 Å². The summed E-state index contributed by atoms with van der Waals surface area (Å²) in [7, 11) is 1.61. The van der Waals surface area contributed by atoms with Crippen LogP contribution >= 0.6 is 43.5 Å². The van der Waals surface area contributed by atoms with Crippen molar-refractivity contribution in [3.05, 3.63) is 85.3 Å². The van der Waals surface area contributed by atoms with Crippen molar-refractivity contribution in [2.24, 2.45) is 4.99 Å². The van der Waals surface area contributed by atoms with Crippen LogP contribution in [-0.2, 0) is 6.42 Å². The number of phenols is 1. The Morgan fingerprint density at radius 2 is 1.85 bits per heavy atom. The first-order valence-electron chi connectivity index (χ1n) is 8.10. The summed E-state index contributed by atoms with van der Waals surface area (Å²) in [4.78, 5) is 4.46. The Bertz CT molecular complexity index is 1010. The van der Waals surface area contributed by atoms with Gasteiger partial charge in [-0.15, -0.1) is 0 Å². The summed E-state index contributed by atoms with van der Waals surface area (Å²) in [5, 5.41) is 11.1. The van der Waals surface area contributed by atoms with Crippen molar-refractivity contribution in [2.75, 3.05) is 7.11 Å². The van der Waals surface area contributed by atoms with Gasteiger partial charge in [0.15, 0.2) is 0 Å². The van der Waals surface area contributed by atoms with Crippen molar-refractivity contribution in [3.63, 3.8) is 0 Å². The Labute approximate surface area is 179 Å². The van der Waals surface area contributed by atoms with E-state index in [4.69, 9.17) is 16.3 Å². The van der Waals surface area contributed by atoms with Gasteiger partial charge >= 0.3 is 0 Å². The first-order chi connectivity index (χ1) is 13.0. The van der Waals surface area contributed by atoms with E-state index in [1.807, 2.05) is 54.6 Å². The molecule has 0 aliphatic heterocycles. The molecule has 0 fully saturated rings. The van der Waals surface area contributed by atoms with E-state index in [0.29, 0.717) is 16.5 Å². The van der Waals surface area contributed by atoms with Crippen LogP contribution in [0.4, 0.5) is 5.69 Å². The second-order valence-corrected chi connectivity index (χ2v) is 7.98. The topological polar surface area (TPSA) is 41.8 Å². The third kappa shape index (κ3) is 4.92. The summed E-state index contributed by atoms with van der Waals surface area (Å²) in [6.07, 6.45) is 2.30. The smallest absolute Gasteiger partial charge is 0.138 e. The zero-order chi connectivity index (χ0) is 19.4. The molecule has 0 aromatic heterocycles. The molecule has 0 saturated carbocycles. The molecular formula is C21H16Br2ClNO2. The van der Waals surface area contributed by atoms with Gasteiger partial charge in [-0.3, -0.25) is 4.99 Å². The zero-order valence-corrected chi connectivity index (χ0v) is 18.3. The number of nitrogens with zero attached hydrogens (tertiary/aromatic N) is 1. The fraction of sp³-hybridized carbons (Fsp3) is 0.0952. The number of benzene rings is 3. The number of phenolic OH excluding ortho intramolecular Hbond substituents is 1. The zero-order valence-electron chi connectivity index (χ0n) is 14.4. The predicted octanol–water partition coefficient (Wildman–Crippen LogP) is 6.92. The van der Waals surface area contributed by atoms with Crippen LogP contribution in [0.1, 0.15) is 16.7 Å². The van der Waals surface area contributed by atoms with Crippen LogP contribution in [0.15, 0.2) is 68.5 Å². The van der Waals surface area contributed by atoms with Gasteiger partial charge < -0.3 is 9.84 Å². The van der Waals surface area contributed by atoms with Gasteiger partial charge in [-0.1, -0.05) is 29.8 Å². The molecule has 0 bridgehead atoms. The van der Waals surface area contributed by atoms with Gasteiger partial charge in [0.25, 0.3) is 0 Å². The maximum Gasteiger partial charge on any atom is 0.138 e. The highest BCUT2D eigenvalue weighted by Crippen LogP contribution is 2.32. The van der Waals surface area contributed by atoms with E-state index in [-0.39, 0.29) is 5.75 Å². The van der Waals surface area contributed by atoms with E-state index in [9.17, 15) is 5.11 Å². The Balaban J connectivity index is 1.90. The molecule has 0 radical (unpaired) electrons. The molecule has 0 atom stereocenters. The van der Waals surface area contributed by atoms with E-state index in [2.05, 4.69) is 36.9 Å². The number of halogens is 3. The molecule has 3 nitrogen and oxygen atoms in total. The summed E-state index contributed by atoms with van der Waals surface area (Å²) in [6, 6.07) is 17.1. The number of hydrogen-bond acceptors (Lipinski definition) is 3. The monoisotopic (exact) mass is 507 g/mol. The highest BCUT2D eigenvalue weighted by molar-refractivity contribution is 9.10. The highest BCUT2D eigenvalue weighted by Gasteiger charge is 2.09. The quantitative estimate of drug-likeness (QED) is 0.379. The molecule has 0 saturated heterocycles. The van der Waals surface area contributed by atoms with Gasteiger partial charge in [-0.2, -0.15) is 0 Å². The van der Waals surface area contributed by atoms with Crippen LogP contribution in [0.5, 0.6) is 11.5 Å². The van der Waals surface area contributed by atoms with Crippen LogP contribution in [0.2, 0.25) is 5.02 Å². The molecule has 6 heteroatoms. The van der Waals surface area contributed by atoms with Gasteiger partial charge in [0.05, 0.1) is 21.7 Å². The van der Waals surface area contributed by atoms with E-state index in [0.717, 1.165) is 32.1 Å². The molecule has 138 valence electrons. The summed E-state index contributed by atoms with van der Waals surface area (Å²) < 4.78 is 6.66. The Morgan fingerprint density at radius 3 is 2.56 bits per heavy atom. The van der Waals surface area contributed by atoms with Crippen molar-refractivity contribution in [1.29, 1.82) is 0 Å². The lowest BCUT2D eigenvalue weighted by Crippen LogP contribution is -1.93. The molecule has 1 N–H and O–H groups in total. The van der Waals surface area contributed by atoms with Crippen LogP contribution in [0.3, 0.4) is 0 Å². The SMILES string of the molecule is COc1ccc(N=Cc2cc(Cc3ccccc3Cl)cc(Br)c2O)cc1Br. The van der Waals surface area contributed by atoms with Crippen molar-refractivity contribution in [1.82, 2.24) is 0 Å². The van der Waals surface area contributed by atoms with Gasteiger partial charge in [-0.05, 0) is 85.8 Å². The first-order valence-corrected chi connectivity index (χ1v) is 10.1. The van der Waals surface area contributed by atoms with Gasteiger partial charge in [0.1, 0.15) is 11.5 Å². The fourth-order valence-corrected chi connectivity index (χ4v) is 3.87. The lowest BCUT2D eigenvalue weighted by molar-refractivity contribution is 0.412. The molecule has 27 heavy (non-hydrogen) atoms. The van der Waals surface area contributed by atoms with Crippen molar-refractivity contribution in [3.8, 4) is 11.5 Å². The maximum absolute atomic E-state index is 10.4. The molecule has 0 aliphatic carbocycles. The summed E-state index contributed by atoms with van der Waals surface area (Å²) >= 11 is 13.1. The van der Waals surface area contributed by atoms with E-state index >= 15 is 0 Å². The number of aromatic hydroxyl groups is 1. The number of aliphatic imine (C=N–C) groups is 1. The van der Waals surface area contributed by atoms with Crippen LogP contribution in [-0.4, -0.2) is 18.4 Å². The number of ether oxygens (including phenoxy) is 1. The summed E-state index contributed by atoms with van der Waals surface area (Å²) in [5.41, 5.74) is 3.41. The normalized spacial score (nSPS) is 11.1. The van der Waals surface area contributed by atoms with Gasteiger partial charge in [0, 0.05) is 16.8 Å². The summed E-state index contributed by atoms with van der Waals surface area (Å²) in [6.45, 7) is 0. The van der Waals surface area contributed by atoms with Crippen LogP contribution < -0.4 is 4.74 Å². The molecule has 3 aromatic carbocycles. The van der Waals surface area contributed by atoms with E-state index < -0.39 is 0 Å². The minimum absolute atomic E-state index is 0.147. The minimum Gasteiger partial charge on any atom is -0.506 e. The molecule has 3 rings (SSSR count). The first kappa shape index (κ1) is 19.9. The molecule has 0 amide bonds. The lowest BCUT2D eigenvalue weighted by atomic mass is 10.0. The third-order valence-electron chi connectivity index (χ3n) is 3.99. The Kier molecular flexibility index (Phi) is 6.58. The van der Waals surface area contributed by atoms with Crippen molar-refractivity contribution >= 4 is 55.4 Å². The summed E-state index contributed by atoms with van der Waals surface area (Å²) in [5.74, 6) is 0.885. The number of rotatable bonds is 5. The van der Waals surface area contributed by atoms with Gasteiger partial charge in [-0.25, -0.2) is 0 Å². The largest absolute Gasteiger partial charge is 0.506 e. The number of hydrogen-bond donors (Lipinski definition) is 1. The molecule has 3 aromatic rings. The predicted molar refractivity (Wildman–Crippen MR) is 118 cm³/mol. The lowest BCUT2D eigenvalue weighted by Gasteiger charge is -2.09. The standard InChI is InChI=1S/C21H16Br2ClNO2/c1-27-20-7-6-16(11-17(20)22)25-12-15-9-13(10-18(23)21(15)26)8-14-4-2-3-5-19(14)24/h2-7,9-12,26H,8H2,1H3. The van der Waals surface area contributed by atoms with Gasteiger partial charge in [0.2, 0.25) is 0 Å². The number of methoxy groups -OCH3 is 1. The second-order valence-electron chi connectivity index (χ2n) is 5.86. The van der Waals surface area contributed by atoms with Crippen LogP contribution in [0, 0.1) is 0 Å². The molecule has 0 spiro atoms. The highest BCUT2D eigenvalue weighted by atomic mass is 79.9. The third-order valence-corrected chi connectivity index (χ3v) is 5.59. The van der Waals surface area contributed by atoms with Crippen LogP contribution in [0.25, 0.3) is 0 Å². The molecule has 0 unspecified atom stereocenters. The molecule has 0 aliphatic rings. The van der Waals surface area contributed by atoms with Crippen molar-refractivity contribution < 1.29 is 9.84 Å². The maximum atomic E-state index is 10.4. The Morgan fingerprint density at radius 1 is 1.07 bits per heavy atom. The van der Waals surface area contributed by atoms with E-state index in [1.165, 1.54) is 0 Å². The second kappa shape index (κ2) is 8.91. The van der Waals surface area contributed by atoms with Crippen molar-refractivity contribution in [2.45, 2.75) is 6.42 Å².